The molecule has 3 amide bonds. The maximum atomic E-state index is 13.3. The van der Waals surface area contributed by atoms with Crippen molar-refractivity contribution in [1.29, 1.82) is 0 Å². The third-order valence-electron chi connectivity index (χ3n) is 6.04. The molecule has 0 bridgehead atoms. The van der Waals surface area contributed by atoms with E-state index in [0.717, 1.165) is 18.4 Å². The van der Waals surface area contributed by atoms with Crippen molar-refractivity contribution in [3.63, 3.8) is 0 Å². The lowest BCUT2D eigenvalue weighted by atomic mass is 10.1. The quantitative estimate of drug-likeness (QED) is 0.804. The van der Waals surface area contributed by atoms with Crippen molar-refractivity contribution in [1.82, 2.24) is 15.1 Å². The van der Waals surface area contributed by atoms with Crippen molar-refractivity contribution < 1.29 is 18.8 Å². The van der Waals surface area contributed by atoms with Gasteiger partial charge in [0.25, 0.3) is 5.91 Å². The van der Waals surface area contributed by atoms with Crippen LogP contribution in [0.2, 0.25) is 0 Å². The Morgan fingerprint density at radius 3 is 2.23 bits per heavy atom. The number of rotatable bonds is 5. The van der Waals surface area contributed by atoms with Gasteiger partial charge in [0.05, 0.1) is 0 Å². The van der Waals surface area contributed by atoms with E-state index in [1.165, 1.54) is 24.3 Å². The van der Waals surface area contributed by atoms with Crippen molar-refractivity contribution >= 4 is 17.7 Å². The highest BCUT2D eigenvalue weighted by molar-refractivity contribution is 5.99. The highest BCUT2D eigenvalue weighted by atomic mass is 19.1. The molecule has 2 aromatic carbocycles. The van der Waals surface area contributed by atoms with Gasteiger partial charge >= 0.3 is 0 Å². The fourth-order valence-corrected chi connectivity index (χ4v) is 4.42. The Balaban J connectivity index is 1.42. The van der Waals surface area contributed by atoms with E-state index in [0.29, 0.717) is 38.0 Å². The number of amides is 3. The number of hydrogen-bond donors (Lipinski definition) is 1. The molecule has 0 aromatic heterocycles. The summed E-state index contributed by atoms with van der Waals surface area (Å²) in [6, 6.07) is 13.9. The van der Waals surface area contributed by atoms with Crippen molar-refractivity contribution in [2.24, 2.45) is 0 Å². The zero-order valence-electron chi connectivity index (χ0n) is 17.3. The molecule has 2 fully saturated rings. The molecule has 31 heavy (non-hydrogen) atoms. The number of hydrogen-bond acceptors (Lipinski definition) is 3. The van der Waals surface area contributed by atoms with Gasteiger partial charge < -0.3 is 15.1 Å². The SMILES string of the molecule is O=C(NCc1ccccc1)[C@H]1CCCN1C(=O)[C@H]1CCCN1C(=O)c1ccc(F)cc1. The predicted molar refractivity (Wildman–Crippen MR) is 113 cm³/mol. The topological polar surface area (TPSA) is 69.7 Å². The lowest BCUT2D eigenvalue weighted by Crippen LogP contribution is -2.52. The van der Waals surface area contributed by atoms with Crippen molar-refractivity contribution in [2.45, 2.75) is 44.3 Å². The molecule has 7 heteroatoms. The van der Waals surface area contributed by atoms with Crippen LogP contribution in [0.3, 0.4) is 0 Å². The maximum Gasteiger partial charge on any atom is 0.254 e. The normalized spacial score (nSPS) is 20.7. The highest BCUT2D eigenvalue weighted by Crippen LogP contribution is 2.26. The Morgan fingerprint density at radius 1 is 0.871 bits per heavy atom. The van der Waals surface area contributed by atoms with Crippen molar-refractivity contribution in [2.75, 3.05) is 13.1 Å². The van der Waals surface area contributed by atoms with Crippen LogP contribution in [-0.2, 0) is 16.1 Å². The lowest BCUT2D eigenvalue weighted by Gasteiger charge is -2.31. The molecule has 1 N–H and O–H groups in total. The summed E-state index contributed by atoms with van der Waals surface area (Å²) in [6.07, 6.45) is 2.67. The Hall–Kier alpha value is -3.22. The average molecular weight is 423 g/mol. The standard InChI is InChI=1S/C24H26FN3O3/c25-19-12-10-18(11-13-19)23(30)28-15-5-9-21(28)24(31)27-14-4-8-20(27)22(29)26-16-17-6-2-1-3-7-17/h1-3,6-7,10-13,20-21H,4-5,8-9,14-16H2,(H,26,29)/t20-,21-/m1/s1. The van der Waals surface area contributed by atoms with E-state index in [-0.39, 0.29) is 17.7 Å². The van der Waals surface area contributed by atoms with E-state index in [4.69, 9.17) is 0 Å². The highest BCUT2D eigenvalue weighted by Gasteiger charge is 2.42. The van der Waals surface area contributed by atoms with Crippen molar-refractivity contribution in [3.05, 3.63) is 71.5 Å². The Morgan fingerprint density at radius 2 is 1.52 bits per heavy atom. The van der Waals surface area contributed by atoms with Gasteiger partial charge in [0.2, 0.25) is 11.8 Å². The fourth-order valence-electron chi connectivity index (χ4n) is 4.42. The first-order chi connectivity index (χ1) is 15.0. The number of carbonyl (C=O) groups is 3. The molecule has 6 nitrogen and oxygen atoms in total. The number of halogens is 1. The number of benzene rings is 2. The molecule has 0 radical (unpaired) electrons. The summed E-state index contributed by atoms with van der Waals surface area (Å²) in [5.74, 6) is -1.03. The molecule has 0 saturated carbocycles. The van der Waals surface area contributed by atoms with Crippen LogP contribution in [0.15, 0.2) is 54.6 Å². The average Bonchev–Trinajstić information content (AvgIpc) is 3.48. The smallest absolute Gasteiger partial charge is 0.254 e. The fraction of sp³-hybridized carbons (Fsp3) is 0.375. The summed E-state index contributed by atoms with van der Waals surface area (Å²) >= 11 is 0. The molecule has 2 aromatic rings. The van der Waals surface area contributed by atoms with Gasteiger partial charge in [-0.15, -0.1) is 0 Å². The van der Waals surface area contributed by atoms with Crippen LogP contribution < -0.4 is 5.32 Å². The van der Waals surface area contributed by atoms with Gasteiger partial charge in [0.15, 0.2) is 0 Å². The first-order valence-electron chi connectivity index (χ1n) is 10.7. The summed E-state index contributed by atoms with van der Waals surface area (Å²) in [5, 5.41) is 2.93. The van der Waals surface area contributed by atoms with Crippen LogP contribution >= 0.6 is 0 Å². The number of carbonyl (C=O) groups excluding carboxylic acids is 3. The van der Waals surface area contributed by atoms with E-state index in [2.05, 4.69) is 5.32 Å². The Labute approximate surface area is 181 Å². The Kier molecular flexibility index (Phi) is 6.30. The molecular weight excluding hydrogens is 397 g/mol. The first-order valence-corrected chi connectivity index (χ1v) is 10.7. The largest absolute Gasteiger partial charge is 0.350 e. The van der Waals surface area contributed by atoms with Crippen molar-refractivity contribution in [3.8, 4) is 0 Å². The molecule has 2 saturated heterocycles. The van der Waals surface area contributed by atoms with Gasteiger partial charge in [-0.25, -0.2) is 4.39 Å². The minimum absolute atomic E-state index is 0.163. The van der Waals surface area contributed by atoms with Gasteiger partial charge in [-0.2, -0.15) is 0 Å². The van der Waals surface area contributed by atoms with Crippen LogP contribution in [0, 0.1) is 5.82 Å². The van der Waals surface area contributed by atoms with Crippen LogP contribution in [0.5, 0.6) is 0 Å². The number of likely N-dealkylation sites (tertiary alicyclic amines) is 2. The molecule has 2 heterocycles. The second-order valence-electron chi connectivity index (χ2n) is 8.06. The summed E-state index contributed by atoms with van der Waals surface area (Å²) < 4.78 is 13.2. The molecule has 2 aliphatic heterocycles. The second kappa shape index (κ2) is 9.29. The zero-order chi connectivity index (χ0) is 21.8. The summed E-state index contributed by atoms with van der Waals surface area (Å²) in [4.78, 5) is 42.2. The Bertz CT molecular complexity index is 948. The van der Waals surface area contributed by atoms with Gasteiger partial charge in [0, 0.05) is 25.2 Å². The number of nitrogens with zero attached hydrogens (tertiary/aromatic N) is 2. The number of nitrogens with one attached hydrogen (secondary N) is 1. The van der Waals surface area contributed by atoms with Crippen LogP contribution in [0.4, 0.5) is 4.39 Å². The van der Waals surface area contributed by atoms with Gasteiger partial charge in [0.1, 0.15) is 17.9 Å². The monoisotopic (exact) mass is 423 g/mol. The summed E-state index contributed by atoms with van der Waals surface area (Å²) in [5.41, 5.74) is 1.36. The van der Waals surface area contributed by atoms with E-state index in [1.54, 1.807) is 9.80 Å². The molecule has 4 rings (SSSR count). The lowest BCUT2D eigenvalue weighted by molar-refractivity contribution is -0.141. The minimum atomic E-state index is -0.583. The van der Waals surface area contributed by atoms with E-state index in [9.17, 15) is 18.8 Å². The summed E-state index contributed by atoms with van der Waals surface area (Å²) in [7, 11) is 0. The molecule has 0 aliphatic carbocycles. The molecule has 162 valence electrons. The van der Waals surface area contributed by atoms with Crippen LogP contribution in [0.25, 0.3) is 0 Å². The molecule has 0 spiro atoms. The predicted octanol–water partition coefficient (Wildman–Crippen LogP) is 2.74. The summed E-state index contributed by atoms with van der Waals surface area (Å²) in [6.45, 7) is 1.40. The van der Waals surface area contributed by atoms with Gasteiger partial charge in [-0.05, 0) is 55.5 Å². The minimum Gasteiger partial charge on any atom is -0.350 e. The van der Waals surface area contributed by atoms with E-state index in [1.807, 2.05) is 30.3 Å². The van der Waals surface area contributed by atoms with E-state index >= 15 is 0 Å². The first kappa shape index (κ1) is 21.0. The van der Waals surface area contributed by atoms with Crippen LogP contribution in [0.1, 0.15) is 41.6 Å². The third kappa shape index (κ3) is 4.60. The zero-order valence-corrected chi connectivity index (χ0v) is 17.3. The molecule has 0 unspecified atom stereocenters. The van der Waals surface area contributed by atoms with Gasteiger partial charge in [-0.1, -0.05) is 30.3 Å². The molecular formula is C24H26FN3O3. The second-order valence-corrected chi connectivity index (χ2v) is 8.06. The molecule has 2 atom stereocenters. The maximum absolute atomic E-state index is 13.3. The molecule has 2 aliphatic rings. The van der Waals surface area contributed by atoms with Gasteiger partial charge in [-0.3, -0.25) is 14.4 Å². The van der Waals surface area contributed by atoms with E-state index < -0.39 is 17.9 Å². The van der Waals surface area contributed by atoms with Crippen LogP contribution in [-0.4, -0.2) is 52.7 Å². The third-order valence-corrected chi connectivity index (χ3v) is 6.04.